The minimum absolute atomic E-state index is 0.0667. The van der Waals surface area contributed by atoms with E-state index in [4.69, 9.17) is 10.4 Å². The summed E-state index contributed by atoms with van der Waals surface area (Å²) in [4.78, 5) is 22.0. The Morgan fingerprint density at radius 2 is 1.86 bits per heavy atom. The van der Waals surface area contributed by atoms with Gasteiger partial charge in [0.1, 0.15) is 11.6 Å². The third-order valence-corrected chi connectivity index (χ3v) is 2.89. The lowest BCUT2D eigenvalue weighted by molar-refractivity contribution is -0.137. The first-order valence-electron chi connectivity index (χ1n) is 7.45. The Hall–Kier alpha value is -2.03. The molecular weight excluding hydrogens is 270 g/mol. The highest BCUT2D eigenvalue weighted by Gasteiger charge is 2.07. The van der Waals surface area contributed by atoms with E-state index in [2.05, 4.69) is 17.6 Å². The number of hydrogen-bond acceptors (Lipinski definition) is 4. The summed E-state index contributed by atoms with van der Waals surface area (Å²) in [7, 11) is 0. The van der Waals surface area contributed by atoms with Gasteiger partial charge in [0.15, 0.2) is 0 Å². The van der Waals surface area contributed by atoms with Crippen LogP contribution in [0.1, 0.15) is 51.9 Å². The first kappa shape index (κ1) is 19.0. The molecule has 0 aliphatic rings. The summed E-state index contributed by atoms with van der Waals surface area (Å²) in [5, 5.41) is 23.0. The maximum absolute atomic E-state index is 11.7. The van der Waals surface area contributed by atoms with Crippen LogP contribution in [0.15, 0.2) is 11.8 Å². The number of carboxylic acid groups (broad SMARTS) is 1. The molecule has 0 bridgehead atoms. The summed E-state index contributed by atoms with van der Waals surface area (Å²) in [6.45, 7) is 3.31. The van der Waals surface area contributed by atoms with Crippen molar-refractivity contribution in [1.29, 1.82) is 5.26 Å². The summed E-state index contributed by atoms with van der Waals surface area (Å²) in [5.41, 5.74) is 0.0667. The van der Waals surface area contributed by atoms with Crippen LogP contribution in [-0.2, 0) is 9.59 Å². The van der Waals surface area contributed by atoms with Crippen molar-refractivity contribution in [2.75, 3.05) is 13.1 Å². The van der Waals surface area contributed by atoms with E-state index in [1.807, 2.05) is 6.07 Å². The lowest BCUT2D eigenvalue weighted by Gasteiger charge is -2.05. The Balaban J connectivity index is 3.81. The summed E-state index contributed by atoms with van der Waals surface area (Å²) in [5.74, 6) is -1.19. The Morgan fingerprint density at radius 3 is 2.48 bits per heavy atom. The van der Waals surface area contributed by atoms with Gasteiger partial charge in [0.2, 0.25) is 0 Å². The monoisotopic (exact) mass is 295 g/mol. The average Bonchev–Trinajstić information content (AvgIpc) is 2.46. The highest BCUT2D eigenvalue weighted by atomic mass is 16.4. The van der Waals surface area contributed by atoms with E-state index >= 15 is 0 Å². The number of nitrogens with one attached hydrogen (secondary N) is 2. The zero-order valence-electron chi connectivity index (χ0n) is 12.7. The minimum Gasteiger partial charge on any atom is -0.481 e. The molecule has 0 saturated heterocycles. The van der Waals surface area contributed by atoms with Gasteiger partial charge in [-0.15, -0.1) is 0 Å². The molecule has 3 N–H and O–H groups in total. The van der Waals surface area contributed by atoms with Gasteiger partial charge >= 0.3 is 5.97 Å². The number of hydrogen-bond donors (Lipinski definition) is 3. The number of nitrogens with zero attached hydrogens (tertiary/aromatic N) is 1. The Kier molecular flexibility index (Phi) is 11.7. The lowest BCUT2D eigenvalue weighted by atomic mass is 10.2. The molecule has 0 aromatic heterocycles. The molecule has 0 aliphatic carbocycles. The number of carbonyl (C=O) groups is 2. The molecule has 6 nitrogen and oxygen atoms in total. The predicted molar refractivity (Wildman–Crippen MR) is 80.3 cm³/mol. The van der Waals surface area contributed by atoms with Crippen molar-refractivity contribution in [3.63, 3.8) is 0 Å². The standard InChI is InChI=1S/C15H25N3O3/c1-2-3-6-9-17-12-13(11-16)15(21)18-10-7-4-5-8-14(19)20/h12,17H,2-10H2,1H3,(H,18,21)(H,19,20)/b13-12-. The van der Waals surface area contributed by atoms with Crippen LogP contribution >= 0.6 is 0 Å². The Morgan fingerprint density at radius 1 is 1.14 bits per heavy atom. The largest absolute Gasteiger partial charge is 0.481 e. The van der Waals surface area contributed by atoms with Crippen LogP contribution in [0.2, 0.25) is 0 Å². The predicted octanol–water partition coefficient (Wildman–Crippen LogP) is 1.93. The first-order chi connectivity index (χ1) is 10.1. The fraction of sp³-hybridized carbons (Fsp3) is 0.667. The van der Waals surface area contributed by atoms with Crippen LogP contribution in [0.25, 0.3) is 0 Å². The van der Waals surface area contributed by atoms with Crippen LogP contribution in [0.5, 0.6) is 0 Å². The molecule has 0 radical (unpaired) electrons. The fourth-order valence-corrected chi connectivity index (χ4v) is 1.68. The van der Waals surface area contributed by atoms with Crippen molar-refractivity contribution in [3.05, 3.63) is 11.8 Å². The molecule has 0 aliphatic heterocycles. The van der Waals surface area contributed by atoms with Crippen molar-refractivity contribution < 1.29 is 14.7 Å². The zero-order valence-corrected chi connectivity index (χ0v) is 12.7. The van der Waals surface area contributed by atoms with Gasteiger partial charge in [0.25, 0.3) is 5.91 Å². The molecule has 0 atom stereocenters. The molecule has 6 heteroatoms. The van der Waals surface area contributed by atoms with E-state index in [0.717, 1.165) is 32.2 Å². The van der Waals surface area contributed by atoms with Crippen molar-refractivity contribution in [3.8, 4) is 6.07 Å². The van der Waals surface area contributed by atoms with Crippen LogP contribution in [0, 0.1) is 11.3 Å². The van der Waals surface area contributed by atoms with Gasteiger partial charge in [-0.05, 0) is 19.3 Å². The molecule has 0 aromatic carbocycles. The third-order valence-electron chi connectivity index (χ3n) is 2.89. The Bertz CT molecular complexity index is 386. The van der Waals surface area contributed by atoms with Crippen LogP contribution in [0.4, 0.5) is 0 Å². The quantitative estimate of drug-likeness (QED) is 0.290. The highest BCUT2D eigenvalue weighted by molar-refractivity contribution is 5.97. The number of aliphatic carboxylic acids is 1. The van der Waals surface area contributed by atoms with Crippen molar-refractivity contribution in [2.45, 2.75) is 51.9 Å². The summed E-state index contributed by atoms with van der Waals surface area (Å²) >= 11 is 0. The highest BCUT2D eigenvalue weighted by Crippen LogP contribution is 1.99. The van der Waals surface area contributed by atoms with Crippen molar-refractivity contribution >= 4 is 11.9 Å². The molecule has 118 valence electrons. The smallest absolute Gasteiger partial charge is 0.303 e. The van der Waals surface area contributed by atoms with Crippen molar-refractivity contribution in [2.24, 2.45) is 0 Å². The van der Waals surface area contributed by atoms with Crippen LogP contribution in [0.3, 0.4) is 0 Å². The van der Waals surface area contributed by atoms with Gasteiger partial charge in [-0.2, -0.15) is 5.26 Å². The maximum atomic E-state index is 11.7. The van der Waals surface area contributed by atoms with Gasteiger partial charge in [0.05, 0.1) is 0 Å². The van der Waals surface area contributed by atoms with Crippen molar-refractivity contribution in [1.82, 2.24) is 10.6 Å². The number of carboxylic acids is 1. The van der Waals surface area contributed by atoms with Crippen LogP contribution in [-0.4, -0.2) is 30.1 Å². The molecule has 0 rings (SSSR count). The molecule has 0 fully saturated rings. The van der Waals surface area contributed by atoms with Gasteiger partial charge in [0, 0.05) is 25.7 Å². The summed E-state index contributed by atoms with van der Waals surface area (Å²) in [6.07, 6.45) is 6.91. The first-order valence-corrected chi connectivity index (χ1v) is 7.45. The van der Waals surface area contributed by atoms with Crippen LogP contribution < -0.4 is 10.6 Å². The summed E-state index contributed by atoms with van der Waals surface area (Å²) < 4.78 is 0. The van der Waals surface area contributed by atoms with Gasteiger partial charge in [-0.1, -0.05) is 26.2 Å². The molecule has 0 heterocycles. The number of nitriles is 1. The van der Waals surface area contributed by atoms with E-state index in [0.29, 0.717) is 19.4 Å². The number of carbonyl (C=O) groups excluding carboxylic acids is 1. The number of amides is 1. The Labute approximate surface area is 126 Å². The molecule has 0 aromatic rings. The molecule has 0 saturated carbocycles. The number of unbranched alkanes of at least 4 members (excludes halogenated alkanes) is 4. The topological polar surface area (TPSA) is 102 Å². The van der Waals surface area contributed by atoms with Gasteiger partial charge in [-0.3, -0.25) is 9.59 Å². The second-order valence-corrected chi connectivity index (χ2v) is 4.79. The second kappa shape index (κ2) is 13.0. The minimum atomic E-state index is -0.803. The normalized spacial score (nSPS) is 10.8. The molecule has 0 spiro atoms. The average molecular weight is 295 g/mol. The maximum Gasteiger partial charge on any atom is 0.303 e. The van der Waals surface area contributed by atoms with Gasteiger partial charge in [-0.25, -0.2) is 0 Å². The van der Waals surface area contributed by atoms with Gasteiger partial charge < -0.3 is 15.7 Å². The lowest BCUT2D eigenvalue weighted by Crippen LogP contribution is -2.26. The zero-order chi connectivity index (χ0) is 15.9. The molecule has 1 amide bonds. The van der Waals surface area contributed by atoms with E-state index in [9.17, 15) is 9.59 Å². The molecular formula is C15H25N3O3. The molecule has 21 heavy (non-hydrogen) atoms. The summed E-state index contributed by atoms with van der Waals surface area (Å²) in [6, 6.07) is 1.87. The second-order valence-electron chi connectivity index (χ2n) is 4.79. The fourth-order valence-electron chi connectivity index (χ4n) is 1.68. The number of rotatable bonds is 12. The van der Waals surface area contributed by atoms with E-state index in [-0.39, 0.29) is 12.0 Å². The van der Waals surface area contributed by atoms with E-state index in [1.165, 1.54) is 6.20 Å². The van der Waals surface area contributed by atoms with E-state index < -0.39 is 11.9 Å². The third kappa shape index (κ3) is 11.5. The van der Waals surface area contributed by atoms with E-state index in [1.54, 1.807) is 0 Å². The SMILES string of the molecule is CCCCCN/C=C(/C#N)C(=O)NCCCCCC(=O)O. The molecule has 0 unspecified atom stereocenters.